The third kappa shape index (κ3) is 1.75. The Hall–Kier alpha value is -1.65. The summed E-state index contributed by atoms with van der Waals surface area (Å²) in [5.74, 6) is 1.78. The number of nitrogens with zero attached hydrogens (tertiary/aromatic N) is 5. The largest absolute Gasteiger partial charge is 0.356 e. The van der Waals surface area contributed by atoms with Gasteiger partial charge in [0.1, 0.15) is 12.1 Å². The first-order valence-corrected chi connectivity index (χ1v) is 6.13. The molecule has 1 aliphatic heterocycles. The summed E-state index contributed by atoms with van der Waals surface area (Å²) in [6.07, 6.45) is 6.06. The predicted molar refractivity (Wildman–Crippen MR) is 66.9 cm³/mol. The second-order valence-corrected chi connectivity index (χ2v) is 4.90. The predicted octanol–water partition coefficient (Wildman–Crippen LogP) is 1.60. The summed E-state index contributed by atoms with van der Waals surface area (Å²) in [7, 11) is 1.91. The summed E-state index contributed by atoms with van der Waals surface area (Å²) < 4.78 is 1.80. The van der Waals surface area contributed by atoms with Gasteiger partial charge in [0.05, 0.1) is 11.6 Å². The maximum Gasteiger partial charge on any atom is 0.163 e. The van der Waals surface area contributed by atoms with Crippen molar-refractivity contribution in [3.05, 3.63) is 12.5 Å². The number of anilines is 1. The summed E-state index contributed by atoms with van der Waals surface area (Å²) in [6.45, 7) is 4.47. The minimum absolute atomic E-state index is 0.741. The van der Waals surface area contributed by atoms with E-state index >= 15 is 0 Å². The molecule has 0 aromatic carbocycles. The van der Waals surface area contributed by atoms with Crippen LogP contribution in [0.3, 0.4) is 0 Å². The molecule has 0 amide bonds. The average molecular weight is 231 g/mol. The van der Waals surface area contributed by atoms with Crippen LogP contribution in [0.4, 0.5) is 5.82 Å². The molecule has 0 bridgehead atoms. The lowest BCUT2D eigenvalue weighted by atomic mass is 10.0. The maximum absolute atomic E-state index is 4.44. The van der Waals surface area contributed by atoms with E-state index in [2.05, 4.69) is 26.9 Å². The lowest BCUT2D eigenvalue weighted by Gasteiger charge is -2.31. The van der Waals surface area contributed by atoms with Crippen LogP contribution in [0.15, 0.2) is 12.5 Å². The molecule has 90 valence electrons. The zero-order chi connectivity index (χ0) is 11.8. The SMILES string of the molecule is C[C@H]1CCCN(c2ncnc3c2cnn3C)C1. The normalized spacial score (nSPS) is 21.1. The van der Waals surface area contributed by atoms with Crippen LogP contribution in [0.1, 0.15) is 19.8 Å². The van der Waals surface area contributed by atoms with E-state index in [1.807, 2.05) is 13.2 Å². The van der Waals surface area contributed by atoms with Crippen LogP contribution in [-0.2, 0) is 7.05 Å². The van der Waals surface area contributed by atoms with Gasteiger partial charge in [-0.05, 0) is 18.8 Å². The van der Waals surface area contributed by atoms with Crippen molar-refractivity contribution in [2.24, 2.45) is 13.0 Å². The standard InChI is InChI=1S/C12H17N5/c1-9-4-3-5-17(7-9)12-10-6-15-16(2)11(10)13-8-14-12/h6,8-9H,3-5,7H2,1-2H3/t9-/m0/s1. The highest BCUT2D eigenvalue weighted by Crippen LogP contribution is 2.26. The molecule has 5 nitrogen and oxygen atoms in total. The second kappa shape index (κ2) is 3.98. The van der Waals surface area contributed by atoms with Gasteiger partial charge >= 0.3 is 0 Å². The summed E-state index contributed by atoms with van der Waals surface area (Å²) in [6, 6.07) is 0. The number of aryl methyl sites for hydroxylation is 1. The number of fused-ring (bicyclic) bond motifs is 1. The van der Waals surface area contributed by atoms with E-state index in [1.165, 1.54) is 12.8 Å². The van der Waals surface area contributed by atoms with Gasteiger partial charge in [0.2, 0.25) is 0 Å². The second-order valence-electron chi connectivity index (χ2n) is 4.90. The van der Waals surface area contributed by atoms with Gasteiger partial charge in [-0.25, -0.2) is 9.97 Å². The number of piperidine rings is 1. The molecule has 0 radical (unpaired) electrons. The Bertz CT molecular complexity index is 533. The quantitative estimate of drug-likeness (QED) is 0.748. The molecule has 1 saturated heterocycles. The van der Waals surface area contributed by atoms with E-state index in [4.69, 9.17) is 0 Å². The van der Waals surface area contributed by atoms with E-state index in [0.29, 0.717) is 0 Å². The van der Waals surface area contributed by atoms with Crippen LogP contribution in [0.5, 0.6) is 0 Å². The van der Waals surface area contributed by atoms with Crippen molar-refractivity contribution in [2.75, 3.05) is 18.0 Å². The monoisotopic (exact) mass is 231 g/mol. The smallest absolute Gasteiger partial charge is 0.163 e. The van der Waals surface area contributed by atoms with Gasteiger partial charge in [0.15, 0.2) is 5.65 Å². The van der Waals surface area contributed by atoms with Crippen LogP contribution in [0.25, 0.3) is 11.0 Å². The van der Waals surface area contributed by atoms with E-state index in [1.54, 1.807) is 11.0 Å². The van der Waals surface area contributed by atoms with Crippen molar-refractivity contribution < 1.29 is 0 Å². The van der Waals surface area contributed by atoms with E-state index < -0.39 is 0 Å². The van der Waals surface area contributed by atoms with Gasteiger partial charge in [-0.1, -0.05) is 6.92 Å². The molecule has 3 heterocycles. The average Bonchev–Trinajstić information content (AvgIpc) is 2.71. The molecule has 2 aromatic rings. The molecular weight excluding hydrogens is 214 g/mol. The van der Waals surface area contributed by atoms with Crippen molar-refractivity contribution in [1.82, 2.24) is 19.7 Å². The van der Waals surface area contributed by atoms with Crippen LogP contribution in [0.2, 0.25) is 0 Å². The van der Waals surface area contributed by atoms with Gasteiger partial charge in [0, 0.05) is 20.1 Å². The Morgan fingerprint density at radius 1 is 1.35 bits per heavy atom. The Morgan fingerprint density at radius 3 is 3.06 bits per heavy atom. The van der Waals surface area contributed by atoms with Crippen molar-refractivity contribution in [2.45, 2.75) is 19.8 Å². The highest BCUT2D eigenvalue weighted by molar-refractivity contribution is 5.86. The molecule has 1 atom stereocenters. The van der Waals surface area contributed by atoms with Crippen molar-refractivity contribution in [3.8, 4) is 0 Å². The minimum Gasteiger partial charge on any atom is -0.356 e. The van der Waals surface area contributed by atoms with Crippen molar-refractivity contribution >= 4 is 16.9 Å². The van der Waals surface area contributed by atoms with E-state index in [9.17, 15) is 0 Å². The van der Waals surface area contributed by atoms with Gasteiger partial charge in [-0.3, -0.25) is 4.68 Å². The first-order chi connectivity index (χ1) is 8.25. The fraction of sp³-hybridized carbons (Fsp3) is 0.583. The summed E-state index contributed by atoms with van der Waals surface area (Å²) in [5.41, 5.74) is 0.910. The molecule has 3 rings (SSSR count). The molecule has 0 N–H and O–H groups in total. The van der Waals surface area contributed by atoms with Crippen molar-refractivity contribution in [1.29, 1.82) is 0 Å². The highest BCUT2D eigenvalue weighted by Gasteiger charge is 2.20. The molecule has 2 aromatic heterocycles. The van der Waals surface area contributed by atoms with Crippen LogP contribution in [0, 0.1) is 5.92 Å². The Kier molecular flexibility index (Phi) is 2.46. The first-order valence-electron chi connectivity index (χ1n) is 6.13. The lowest BCUT2D eigenvalue weighted by Crippen LogP contribution is -2.34. The fourth-order valence-electron chi connectivity index (χ4n) is 2.58. The van der Waals surface area contributed by atoms with Crippen LogP contribution >= 0.6 is 0 Å². The first kappa shape index (κ1) is 10.5. The maximum atomic E-state index is 4.44. The molecule has 5 heteroatoms. The zero-order valence-electron chi connectivity index (χ0n) is 10.3. The van der Waals surface area contributed by atoms with Gasteiger partial charge in [-0.15, -0.1) is 0 Å². The minimum atomic E-state index is 0.741. The molecule has 1 fully saturated rings. The number of hydrogen-bond acceptors (Lipinski definition) is 4. The molecule has 0 spiro atoms. The van der Waals surface area contributed by atoms with Gasteiger partial charge < -0.3 is 4.90 Å². The van der Waals surface area contributed by atoms with Gasteiger partial charge in [-0.2, -0.15) is 5.10 Å². The van der Waals surface area contributed by atoms with Crippen LogP contribution in [-0.4, -0.2) is 32.8 Å². The Labute approximate surface area is 100 Å². The molecule has 17 heavy (non-hydrogen) atoms. The summed E-state index contributed by atoms with van der Waals surface area (Å²) in [5, 5.41) is 5.32. The van der Waals surface area contributed by atoms with Crippen molar-refractivity contribution in [3.63, 3.8) is 0 Å². The molecule has 0 saturated carbocycles. The summed E-state index contributed by atoms with van der Waals surface area (Å²) in [4.78, 5) is 11.1. The van der Waals surface area contributed by atoms with E-state index in [-0.39, 0.29) is 0 Å². The lowest BCUT2D eigenvalue weighted by molar-refractivity contribution is 0.445. The highest BCUT2D eigenvalue weighted by atomic mass is 15.3. The van der Waals surface area contributed by atoms with Gasteiger partial charge in [0.25, 0.3) is 0 Å². The molecule has 0 aliphatic carbocycles. The molecule has 1 aliphatic rings. The Morgan fingerprint density at radius 2 is 2.24 bits per heavy atom. The molecular formula is C12H17N5. The number of rotatable bonds is 1. The Balaban J connectivity index is 2.04. The molecule has 0 unspecified atom stereocenters. The zero-order valence-corrected chi connectivity index (χ0v) is 10.3. The number of hydrogen-bond donors (Lipinski definition) is 0. The fourth-order valence-corrected chi connectivity index (χ4v) is 2.58. The van der Waals surface area contributed by atoms with Crippen LogP contribution < -0.4 is 4.90 Å². The third-order valence-corrected chi connectivity index (χ3v) is 3.46. The number of aromatic nitrogens is 4. The third-order valence-electron chi connectivity index (χ3n) is 3.46. The van der Waals surface area contributed by atoms with E-state index in [0.717, 1.165) is 35.9 Å². The topological polar surface area (TPSA) is 46.8 Å². The summed E-state index contributed by atoms with van der Waals surface area (Å²) >= 11 is 0.